The number of carboxylic acids is 1. The van der Waals surface area contributed by atoms with Gasteiger partial charge in [-0.05, 0) is 60.2 Å². The van der Waals surface area contributed by atoms with Crippen molar-refractivity contribution >= 4 is 11.9 Å². The van der Waals surface area contributed by atoms with Crippen LogP contribution in [0.4, 0.5) is 0 Å². The van der Waals surface area contributed by atoms with Crippen molar-refractivity contribution in [2.45, 2.75) is 31.7 Å². The lowest BCUT2D eigenvalue weighted by molar-refractivity contribution is -0.139. The van der Waals surface area contributed by atoms with Crippen LogP contribution in [0.15, 0.2) is 42.7 Å². The number of fused-ring (bicyclic) bond motifs is 1. The van der Waals surface area contributed by atoms with Gasteiger partial charge in [-0.3, -0.25) is 9.78 Å². The Morgan fingerprint density at radius 2 is 1.87 bits per heavy atom. The smallest absolute Gasteiger partial charge is 0.326 e. The standard InChI is InChI=1S/C18H18N2O3/c21-17(15-5-4-13-2-1-3-14(13)11-15)20-16(18(22)23)10-12-6-8-19-9-7-12/h4-9,11,16H,1-3,10H2,(H,20,21)(H,22,23). The number of aryl methyl sites for hydroxylation is 2. The molecule has 5 nitrogen and oxygen atoms in total. The zero-order valence-electron chi connectivity index (χ0n) is 12.7. The maximum absolute atomic E-state index is 12.4. The number of benzene rings is 1. The quantitative estimate of drug-likeness (QED) is 0.885. The SMILES string of the molecule is O=C(NC(Cc1ccncc1)C(=O)O)c1ccc2c(c1)CCC2. The third-order valence-electron chi connectivity index (χ3n) is 4.15. The van der Waals surface area contributed by atoms with Gasteiger partial charge in [0.25, 0.3) is 5.91 Å². The molecule has 1 amide bonds. The van der Waals surface area contributed by atoms with Gasteiger partial charge in [-0.25, -0.2) is 4.79 Å². The highest BCUT2D eigenvalue weighted by atomic mass is 16.4. The fraction of sp³-hybridized carbons (Fsp3) is 0.278. The molecule has 1 aromatic heterocycles. The van der Waals surface area contributed by atoms with Gasteiger partial charge in [0.05, 0.1) is 0 Å². The summed E-state index contributed by atoms with van der Waals surface area (Å²) in [5.41, 5.74) is 3.82. The molecule has 0 radical (unpaired) electrons. The second kappa shape index (κ2) is 6.60. The Labute approximate surface area is 134 Å². The molecule has 1 heterocycles. The molecule has 23 heavy (non-hydrogen) atoms. The molecule has 1 aromatic carbocycles. The number of carboxylic acid groups (broad SMARTS) is 1. The highest BCUT2D eigenvalue weighted by molar-refractivity contribution is 5.96. The van der Waals surface area contributed by atoms with Crippen molar-refractivity contribution in [3.63, 3.8) is 0 Å². The van der Waals surface area contributed by atoms with E-state index in [9.17, 15) is 14.7 Å². The molecule has 0 aliphatic heterocycles. The van der Waals surface area contributed by atoms with Gasteiger partial charge >= 0.3 is 5.97 Å². The van der Waals surface area contributed by atoms with Crippen LogP contribution >= 0.6 is 0 Å². The van der Waals surface area contributed by atoms with E-state index in [1.54, 1.807) is 30.6 Å². The molecule has 5 heteroatoms. The third-order valence-corrected chi connectivity index (χ3v) is 4.15. The van der Waals surface area contributed by atoms with Crippen molar-refractivity contribution in [2.75, 3.05) is 0 Å². The molecule has 1 atom stereocenters. The number of pyridine rings is 1. The van der Waals surface area contributed by atoms with Crippen molar-refractivity contribution in [2.24, 2.45) is 0 Å². The van der Waals surface area contributed by atoms with Crippen LogP contribution in [-0.2, 0) is 24.1 Å². The highest BCUT2D eigenvalue weighted by Crippen LogP contribution is 2.22. The fourth-order valence-corrected chi connectivity index (χ4v) is 2.91. The molecule has 1 aliphatic rings. The number of nitrogens with one attached hydrogen (secondary N) is 1. The molecule has 1 aliphatic carbocycles. The molecule has 0 saturated carbocycles. The number of hydrogen-bond acceptors (Lipinski definition) is 3. The summed E-state index contributed by atoms with van der Waals surface area (Å²) in [6.45, 7) is 0. The van der Waals surface area contributed by atoms with Gasteiger partial charge in [0, 0.05) is 24.4 Å². The number of nitrogens with zero attached hydrogens (tertiary/aromatic N) is 1. The van der Waals surface area contributed by atoms with Crippen molar-refractivity contribution in [3.8, 4) is 0 Å². The average molecular weight is 310 g/mol. The molecule has 2 aromatic rings. The van der Waals surface area contributed by atoms with Gasteiger partial charge < -0.3 is 10.4 Å². The Morgan fingerprint density at radius 3 is 2.61 bits per heavy atom. The highest BCUT2D eigenvalue weighted by Gasteiger charge is 2.22. The van der Waals surface area contributed by atoms with E-state index in [1.807, 2.05) is 12.1 Å². The molecule has 2 N–H and O–H groups in total. The second-order valence-corrected chi connectivity index (χ2v) is 5.76. The molecular formula is C18H18N2O3. The monoisotopic (exact) mass is 310 g/mol. The van der Waals surface area contributed by atoms with Crippen molar-refractivity contribution < 1.29 is 14.7 Å². The Balaban J connectivity index is 1.72. The number of carbonyl (C=O) groups is 2. The lowest BCUT2D eigenvalue weighted by Crippen LogP contribution is -2.42. The maximum atomic E-state index is 12.4. The van der Waals surface area contributed by atoms with E-state index < -0.39 is 12.0 Å². The largest absolute Gasteiger partial charge is 0.480 e. The average Bonchev–Trinajstić information content (AvgIpc) is 3.02. The zero-order valence-corrected chi connectivity index (χ0v) is 12.7. The Kier molecular flexibility index (Phi) is 4.37. The molecule has 118 valence electrons. The Morgan fingerprint density at radius 1 is 1.13 bits per heavy atom. The number of hydrogen-bond donors (Lipinski definition) is 2. The minimum atomic E-state index is -1.05. The number of carbonyl (C=O) groups excluding carboxylic acids is 1. The number of rotatable bonds is 5. The predicted octanol–water partition coefficient (Wildman–Crippen LogP) is 2.00. The van der Waals surface area contributed by atoms with E-state index in [2.05, 4.69) is 10.3 Å². The van der Waals surface area contributed by atoms with Gasteiger partial charge in [0.1, 0.15) is 6.04 Å². The van der Waals surface area contributed by atoms with Crippen LogP contribution in [-0.4, -0.2) is 28.0 Å². The van der Waals surface area contributed by atoms with Crippen LogP contribution < -0.4 is 5.32 Å². The summed E-state index contributed by atoms with van der Waals surface area (Å²) in [6.07, 6.45) is 6.59. The Hall–Kier alpha value is -2.69. The normalized spacial score (nSPS) is 14.1. The second-order valence-electron chi connectivity index (χ2n) is 5.76. The Bertz CT molecular complexity index is 728. The molecule has 0 bridgehead atoms. The molecular weight excluding hydrogens is 292 g/mol. The lowest BCUT2D eigenvalue weighted by atomic mass is 10.0. The van der Waals surface area contributed by atoms with Crippen molar-refractivity contribution in [1.82, 2.24) is 10.3 Å². The van der Waals surface area contributed by atoms with Gasteiger partial charge in [-0.1, -0.05) is 6.07 Å². The van der Waals surface area contributed by atoms with E-state index in [0.717, 1.165) is 24.8 Å². The number of amides is 1. The van der Waals surface area contributed by atoms with E-state index in [0.29, 0.717) is 5.56 Å². The summed E-state index contributed by atoms with van der Waals surface area (Å²) in [7, 11) is 0. The molecule has 0 saturated heterocycles. The maximum Gasteiger partial charge on any atom is 0.326 e. The van der Waals surface area contributed by atoms with Gasteiger partial charge in [-0.15, -0.1) is 0 Å². The topological polar surface area (TPSA) is 79.3 Å². The van der Waals surface area contributed by atoms with Gasteiger partial charge in [-0.2, -0.15) is 0 Å². The molecule has 0 fully saturated rings. The van der Waals surface area contributed by atoms with Gasteiger partial charge in [0.15, 0.2) is 0 Å². The molecule has 3 rings (SSSR count). The summed E-state index contributed by atoms with van der Waals surface area (Å²) in [5.74, 6) is -1.39. The fourth-order valence-electron chi connectivity index (χ4n) is 2.91. The van der Waals surface area contributed by atoms with E-state index in [4.69, 9.17) is 0 Å². The first-order valence-electron chi connectivity index (χ1n) is 7.68. The summed E-state index contributed by atoms with van der Waals surface area (Å²) in [5, 5.41) is 12.0. The van der Waals surface area contributed by atoms with E-state index in [1.165, 1.54) is 11.1 Å². The minimum Gasteiger partial charge on any atom is -0.480 e. The van der Waals surface area contributed by atoms with Crippen LogP contribution in [0, 0.1) is 0 Å². The van der Waals surface area contributed by atoms with Crippen molar-refractivity contribution in [3.05, 3.63) is 65.0 Å². The van der Waals surface area contributed by atoms with E-state index >= 15 is 0 Å². The van der Waals surface area contributed by atoms with Crippen LogP contribution in [0.3, 0.4) is 0 Å². The molecule has 1 unspecified atom stereocenters. The van der Waals surface area contributed by atoms with Crippen LogP contribution in [0.2, 0.25) is 0 Å². The third kappa shape index (κ3) is 3.56. The zero-order chi connectivity index (χ0) is 16.2. The summed E-state index contributed by atoms with van der Waals surface area (Å²) < 4.78 is 0. The van der Waals surface area contributed by atoms with Crippen LogP contribution in [0.25, 0.3) is 0 Å². The van der Waals surface area contributed by atoms with E-state index in [-0.39, 0.29) is 12.3 Å². The first-order chi connectivity index (χ1) is 11.1. The van der Waals surface area contributed by atoms with Crippen LogP contribution in [0.5, 0.6) is 0 Å². The summed E-state index contributed by atoms with van der Waals surface area (Å²) in [4.78, 5) is 27.7. The number of aliphatic carboxylic acids is 1. The first-order valence-corrected chi connectivity index (χ1v) is 7.68. The van der Waals surface area contributed by atoms with Gasteiger partial charge in [0.2, 0.25) is 0 Å². The predicted molar refractivity (Wildman–Crippen MR) is 85.3 cm³/mol. The lowest BCUT2D eigenvalue weighted by Gasteiger charge is -2.15. The first kappa shape index (κ1) is 15.2. The summed E-state index contributed by atoms with van der Waals surface area (Å²) in [6, 6.07) is 8.15. The van der Waals surface area contributed by atoms with Crippen LogP contribution in [0.1, 0.15) is 33.5 Å². The van der Waals surface area contributed by atoms with Crippen molar-refractivity contribution in [1.29, 1.82) is 0 Å². The molecule has 0 spiro atoms. The number of aromatic nitrogens is 1. The summed E-state index contributed by atoms with van der Waals surface area (Å²) >= 11 is 0. The minimum absolute atomic E-state index is 0.231.